The van der Waals surface area contributed by atoms with Gasteiger partial charge < -0.3 is 4.74 Å². The maximum atomic E-state index is 13.3. The van der Waals surface area contributed by atoms with Crippen molar-refractivity contribution < 1.29 is 21.6 Å². The van der Waals surface area contributed by atoms with Crippen molar-refractivity contribution in [3.63, 3.8) is 0 Å². The summed E-state index contributed by atoms with van der Waals surface area (Å²) in [7, 11) is -7.01. The average molecular weight is 398 g/mol. The van der Waals surface area contributed by atoms with E-state index < -0.39 is 25.9 Å². The van der Waals surface area contributed by atoms with Crippen LogP contribution in [0.2, 0.25) is 0 Å². The molecule has 6 nitrogen and oxygen atoms in total. The van der Waals surface area contributed by atoms with Gasteiger partial charge in [-0.2, -0.15) is 4.31 Å². The highest BCUT2D eigenvalue weighted by atomic mass is 32.2. The first-order valence-electron chi connectivity index (χ1n) is 8.67. The molecule has 1 saturated heterocycles. The topological polar surface area (TPSA) is 80.8 Å². The molecule has 0 amide bonds. The maximum Gasteiger partial charge on any atom is 0.243 e. The largest absolute Gasteiger partial charge is 0.493 e. The van der Waals surface area contributed by atoms with Gasteiger partial charge in [0.25, 0.3) is 0 Å². The Labute approximate surface area is 154 Å². The second-order valence-corrected chi connectivity index (χ2v) is 10.4. The van der Waals surface area contributed by atoms with Gasteiger partial charge in [0.1, 0.15) is 5.75 Å². The Kier molecular flexibility index (Phi) is 5.28. The third kappa shape index (κ3) is 3.45. The molecule has 0 saturated carbocycles. The molecule has 0 aliphatic carbocycles. The highest BCUT2D eigenvalue weighted by Gasteiger charge is 2.38. The smallest absolute Gasteiger partial charge is 0.243 e. The van der Waals surface area contributed by atoms with Gasteiger partial charge in [-0.05, 0) is 25.5 Å². The van der Waals surface area contributed by atoms with Crippen molar-refractivity contribution in [2.75, 3.05) is 24.7 Å². The van der Waals surface area contributed by atoms with Gasteiger partial charge in [0, 0.05) is 23.4 Å². The molecular formula is C18H23NO5S2. The first kappa shape index (κ1) is 19.1. The Morgan fingerprint density at radius 2 is 1.81 bits per heavy atom. The quantitative estimate of drug-likeness (QED) is 0.748. The number of rotatable bonds is 6. The molecule has 1 aliphatic heterocycles. The lowest BCUT2D eigenvalue weighted by molar-refractivity contribution is 0.344. The monoisotopic (exact) mass is 397 g/mol. The molecule has 26 heavy (non-hydrogen) atoms. The molecule has 0 N–H and O–H groups in total. The number of ether oxygens (including phenoxy) is 1. The normalized spacial score (nSPS) is 19.9. The van der Waals surface area contributed by atoms with E-state index in [-0.39, 0.29) is 22.9 Å². The van der Waals surface area contributed by atoms with E-state index >= 15 is 0 Å². The lowest BCUT2D eigenvalue weighted by Crippen LogP contribution is -2.40. The minimum Gasteiger partial charge on any atom is -0.493 e. The summed E-state index contributed by atoms with van der Waals surface area (Å²) in [5.41, 5.74) is 0. The number of benzene rings is 2. The van der Waals surface area contributed by atoms with E-state index in [1.54, 1.807) is 31.2 Å². The summed E-state index contributed by atoms with van der Waals surface area (Å²) in [6, 6.07) is 9.91. The van der Waals surface area contributed by atoms with E-state index in [9.17, 15) is 16.8 Å². The summed E-state index contributed by atoms with van der Waals surface area (Å²) in [6.45, 7) is 4.32. The molecular weight excluding hydrogens is 374 g/mol. The van der Waals surface area contributed by atoms with Crippen LogP contribution in [0.15, 0.2) is 41.3 Å². The highest BCUT2D eigenvalue weighted by molar-refractivity contribution is 7.92. The van der Waals surface area contributed by atoms with Crippen LogP contribution >= 0.6 is 0 Å². The molecule has 0 radical (unpaired) electrons. The molecule has 1 fully saturated rings. The van der Waals surface area contributed by atoms with Crippen LogP contribution < -0.4 is 4.74 Å². The van der Waals surface area contributed by atoms with E-state index in [4.69, 9.17) is 4.74 Å². The van der Waals surface area contributed by atoms with Crippen LogP contribution in [-0.4, -0.2) is 51.8 Å². The Morgan fingerprint density at radius 3 is 2.38 bits per heavy atom. The number of hydrogen-bond acceptors (Lipinski definition) is 5. The fraction of sp³-hybridized carbons (Fsp3) is 0.444. The van der Waals surface area contributed by atoms with Crippen LogP contribution in [0.25, 0.3) is 10.8 Å². The molecule has 0 aromatic heterocycles. The Morgan fingerprint density at radius 1 is 1.12 bits per heavy atom. The van der Waals surface area contributed by atoms with Crippen molar-refractivity contribution in [1.29, 1.82) is 0 Å². The molecule has 0 spiro atoms. The first-order chi connectivity index (χ1) is 12.3. The summed E-state index contributed by atoms with van der Waals surface area (Å²) in [6.07, 6.45) is 0.338. The molecule has 142 valence electrons. The zero-order chi connectivity index (χ0) is 18.9. The van der Waals surface area contributed by atoms with Gasteiger partial charge in [-0.1, -0.05) is 31.2 Å². The maximum absolute atomic E-state index is 13.3. The number of fused-ring (bicyclic) bond motifs is 1. The van der Waals surface area contributed by atoms with Gasteiger partial charge in [-0.25, -0.2) is 16.8 Å². The van der Waals surface area contributed by atoms with Crippen molar-refractivity contribution in [1.82, 2.24) is 4.31 Å². The predicted molar refractivity (Wildman–Crippen MR) is 102 cm³/mol. The lowest BCUT2D eigenvalue weighted by atomic mass is 10.1. The van der Waals surface area contributed by atoms with E-state index in [0.29, 0.717) is 24.2 Å². The summed E-state index contributed by atoms with van der Waals surface area (Å²) >= 11 is 0. The number of sulfone groups is 1. The van der Waals surface area contributed by atoms with E-state index in [1.165, 1.54) is 4.31 Å². The van der Waals surface area contributed by atoms with Gasteiger partial charge >= 0.3 is 0 Å². The van der Waals surface area contributed by atoms with Crippen LogP contribution in [0.4, 0.5) is 0 Å². The summed E-state index contributed by atoms with van der Waals surface area (Å²) in [5, 5.41) is 1.31. The predicted octanol–water partition coefficient (Wildman–Crippen LogP) is 2.44. The Hall–Kier alpha value is -1.64. The molecule has 1 unspecified atom stereocenters. The Bertz CT molecular complexity index is 1020. The minimum atomic E-state index is -3.83. The molecule has 0 bridgehead atoms. The molecule has 8 heteroatoms. The summed E-state index contributed by atoms with van der Waals surface area (Å²) in [4.78, 5) is 0.183. The third-order valence-corrected chi connectivity index (χ3v) is 8.49. The molecule has 3 rings (SSSR count). The van der Waals surface area contributed by atoms with Crippen LogP contribution in [0.3, 0.4) is 0 Å². The van der Waals surface area contributed by atoms with Crippen LogP contribution in [-0.2, 0) is 19.9 Å². The molecule has 2 aromatic carbocycles. The highest BCUT2D eigenvalue weighted by Crippen LogP contribution is 2.34. The minimum absolute atomic E-state index is 0.0354. The second-order valence-electron chi connectivity index (χ2n) is 6.31. The van der Waals surface area contributed by atoms with E-state index in [1.807, 2.05) is 19.1 Å². The van der Waals surface area contributed by atoms with Gasteiger partial charge in [0.15, 0.2) is 9.84 Å². The van der Waals surface area contributed by atoms with Crippen LogP contribution in [0, 0.1) is 0 Å². The fourth-order valence-corrected chi connectivity index (χ4v) is 7.19. The van der Waals surface area contributed by atoms with Crippen LogP contribution in [0.1, 0.15) is 20.3 Å². The summed E-state index contributed by atoms with van der Waals surface area (Å²) < 4.78 is 57.2. The van der Waals surface area contributed by atoms with E-state index in [2.05, 4.69) is 0 Å². The first-order valence-corrected chi connectivity index (χ1v) is 11.9. The van der Waals surface area contributed by atoms with Crippen LogP contribution in [0.5, 0.6) is 5.75 Å². The van der Waals surface area contributed by atoms with Crippen molar-refractivity contribution >= 4 is 30.6 Å². The SMILES string of the molecule is CCOc1ccc(S(=O)(=O)N(CC)C2CCS(=O)(=O)C2)c2ccccc12. The van der Waals surface area contributed by atoms with Crippen molar-refractivity contribution in [2.24, 2.45) is 0 Å². The molecule has 1 aliphatic rings. The second kappa shape index (κ2) is 7.17. The number of nitrogens with zero attached hydrogens (tertiary/aromatic N) is 1. The zero-order valence-corrected chi connectivity index (χ0v) is 16.5. The molecule has 1 atom stereocenters. The number of hydrogen-bond donors (Lipinski definition) is 0. The fourth-order valence-electron chi connectivity index (χ4n) is 3.50. The number of sulfonamides is 1. The van der Waals surface area contributed by atoms with Crippen molar-refractivity contribution in [2.45, 2.75) is 31.2 Å². The van der Waals surface area contributed by atoms with Gasteiger partial charge in [0.05, 0.1) is 23.0 Å². The lowest BCUT2D eigenvalue weighted by Gasteiger charge is -2.26. The Balaban J connectivity index is 2.11. The van der Waals surface area contributed by atoms with Gasteiger partial charge in [-0.3, -0.25) is 0 Å². The van der Waals surface area contributed by atoms with Crippen molar-refractivity contribution in [3.05, 3.63) is 36.4 Å². The third-order valence-electron chi connectivity index (χ3n) is 4.66. The standard InChI is InChI=1S/C18H23NO5S2/c1-3-19(14-11-12-25(20,21)13-14)26(22,23)18-10-9-17(24-4-2)15-7-5-6-8-16(15)18/h5-10,14H,3-4,11-13H2,1-2H3. The summed E-state index contributed by atoms with van der Waals surface area (Å²) in [5.74, 6) is 0.552. The zero-order valence-electron chi connectivity index (χ0n) is 14.9. The average Bonchev–Trinajstić information content (AvgIpc) is 2.95. The molecule has 2 aromatic rings. The van der Waals surface area contributed by atoms with Crippen molar-refractivity contribution in [3.8, 4) is 5.75 Å². The molecule has 1 heterocycles. The van der Waals surface area contributed by atoms with Gasteiger partial charge in [0.2, 0.25) is 10.0 Å². The van der Waals surface area contributed by atoms with E-state index in [0.717, 1.165) is 5.39 Å². The van der Waals surface area contributed by atoms with Gasteiger partial charge in [-0.15, -0.1) is 0 Å².